The second-order valence-electron chi connectivity index (χ2n) is 10.7. The van der Waals surface area contributed by atoms with Gasteiger partial charge in [0.2, 0.25) is 5.91 Å². The van der Waals surface area contributed by atoms with Crippen LogP contribution in [0.4, 0.5) is 0 Å². The maximum Gasteiger partial charge on any atom is 0.338 e. The van der Waals surface area contributed by atoms with Gasteiger partial charge in [0.25, 0.3) is 13.2 Å². The summed E-state index contributed by atoms with van der Waals surface area (Å²) in [6.07, 6.45) is 3.32. The third-order valence-electron chi connectivity index (χ3n) is 6.92. The zero-order valence-corrected chi connectivity index (χ0v) is 32.3. The van der Waals surface area contributed by atoms with Crippen LogP contribution in [-0.2, 0) is 28.5 Å². The van der Waals surface area contributed by atoms with Crippen LogP contribution in [0.25, 0.3) is 0 Å². The first-order valence-corrected chi connectivity index (χ1v) is 21.6. The molecule has 0 saturated carbocycles. The van der Waals surface area contributed by atoms with Crippen molar-refractivity contribution in [2.24, 2.45) is 5.73 Å². The van der Waals surface area contributed by atoms with E-state index < -0.39 is 23.6 Å². The molecule has 0 bridgehead atoms. The Morgan fingerprint density at radius 3 is 2.54 bits per heavy atom. The number of esters is 1. The van der Waals surface area contributed by atoms with Crippen LogP contribution in [0.3, 0.4) is 0 Å². The van der Waals surface area contributed by atoms with Crippen molar-refractivity contribution in [1.29, 1.82) is 0 Å². The lowest BCUT2D eigenvalue weighted by molar-refractivity contribution is -0.126. The first-order valence-electron chi connectivity index (χ1n) is 16.4. The summed E-state index contributed by atoms with van der Waals surface area (Å²) in [6, 6.07) is 15.2. The second kappa shape index (κ2) is 26.2. The van der Waals surface area contributed by atoms with Gasteiger partial charge in [-0.15, -0.1) is 0 Å². The number of rotatable bonds is 24. The molecule has 2 aromatic carbocycles. The minimum absolute atomic E-state index is 0.0421. The minimum Gasteiger partial charge on any atom is -0.490 e. The summed E-state index contributed by atoms with van der Waals surface area (Å²) in [7, 11) is 7.60. The van der Waals surface area contributed by atoms with Gasteiger partial charge in [0.1, 0.15) is 42.5 Å². The van der Waals surface area contributed by atoms with E-state index in [9.17, 15) is 19.5 Å². The van der Waals surface area contributed by atoms with E-state index >= 15 is 0 Å². The molecule has 3 rings (SSSR count). The van der Waals surface area contributed by atoms with Gasteiger partial charge in [-0.2, -0.15) is 5.82 Å². The van der Waals surface area contributed by atoms with Gasteiger partial charge in [0.15, 0.2) is 0 Å². The quantitative estimate of drug-likeness (QED) is 0.0305. The lowest BCUT2D eigenvalue weighted by atomic mass is 9.71. The molecule has 1 heterocycles. The smallest absolute Gasteiger partial charge is 0.338 e. The van der Waals surface area contributed by atoms with E-state index in [1.54, 1.807) is 55.8 Å². The molecule has 18 heteroatoms. The van der Waals surface area contributed by atoms with Crippen LogP contribution in [0.2, 0.25) is 0 Å². The highest BCUT2D eigenvalue weighted by Gasteiger charge is 2.37. The molecule has 2 aromatic rings. The van der Waals surface area contributed by atoms with Crippen LogP contribution in [0.15, 0.2) is 54.6 Å². The Kier molecular flexibility index (Phi) is 22.1. The number of nitrogens with one attached hydrogen (secondary N) is 2. The highest BCUT2D eigenvalue weighted by molar-refractivity contribution is 8.76. The molecule has 1 fully saturated rings. The number of ether oxygens (including phenoxy) is 6. The Morgan fingerprint density at radius 1 is 1.02 bits per heavy atom. The highest BCUT2D eigenvalue weighted by Crippen LogP contribution is 2.31. The first-order chi connectivity index (χ1) is 25.4. The average molecular weight is 795 g/mol. The zero-order chi connectivity index (χ0) is 37.4. The van der Waals surface area contributed by atoms with Crippen molar-refractivity contribution in [2.45, 2.75) is 35.5 Å². The van der Waals surface area contributed by atoms with Gasteiger partial charge in [0, 0.05) is 24.7 Å². The summed E-state index contributed by atoms with van der Waals surface area (Å²) < 4.78 is 34.7. The van der Waals surface area contributed by atoms with E-state index in [1.807, 2.05) is 18.6 Å². The van der Waals surface area contributed by atoms with Gasteiger partial charge in [-0.25, -0.2) is 4.79 Å². The molecule has 0 aliphatic carbocycles. The van der Waals surface area contributed by atoms with Crippen molar-refractivity contribution >= 4 is 68.2 Å². The zero-order valence-electron chi connectivity index (χ0n) is 29.1. The maximum atomic E-state index is 12.4. The molecule has 5 atom stereocenters. The number of carbonyl (C=O) groups excluding carboxylic acids is 3. The summed E-state index contributed by atoms with van der Waals surface area (Å²) in [5.74, 6) is 5.33. The Morgan fingerprint density at radius 2 is 1.79 bits per heavy atom. The summed E-state index contributed by atoms with van der Waals surface area (Å²) >= 11 is 0. The largest absolute Gasteiger partial charge is 0.490 e. The molecule has 2 amide bonds. The fraction of sp³-hybridized carbons (Fsp3) is 0.500. The first kappa shape index (κ1) is 43.8. The molecule has 1 saturated heterocycles. The number of hydrogen-bond acceptors (Lipinski definition) is 15. The minimum atomic E-state index is -0.556. The molecule has 2 unspecified atom stereocenters. The maximum absolute atomic E-state index is 12.4. The second-order valence-corrected chi connectivity index (χ2v) is 16.0. The number of aliphatic hydroxyl groups is 1. The standard InChI is InChI=1S/C34H45BN3O10S4/c1-49-51-31(22-45-26-11-6-10-25(18-26)33(41)38-15-13-36)44-17-16-43-21-30(40)37-14-7-12-35-29-19-27(28(20-39)47-29)48-32(52-50-2)23-46-34(42)24-8-4-3-5-9-24/h3-6,8-11,18,27-29,31-32,39H,13-17,19-23,36H2,1-2H3,(H,37,40)(H,38,41)/t27-,28?,29-,31?,32+/m1/s1. The highest BCUT2D eigenvalue weighted by atomic mass is 33.1. The lowest BCUT2D eigenvalue weighted by Crippen LogP contribution is -2.32. The summed E-state index contributed by atoms with van der Waals surface area (Å²) in [5.41, 5.74) is 5.63. The Hall–Kier alpha value is -2.57. The van der Waals surface area contributed by atoms with Crippen molar-refractivity contribution < 1.29 is 47.9 Å². The molecule has 5 N–H and O–H groups in total. The Balaban J connectivity index is 1.29. The van der Waals surface area contributed by atoms with Crippen LogP contribution < -0.4 is 21.1 Å². The number of amides is 2. The summed E-state index contributed by atoms with van der Waals surface area (Å²) in [4.78, 5) is 36.7. The summed E-state index contributed by atoms with van der Waals surface area (Å²) in [6.45, 7) is 1.23. The van der Waals surface area contributed by atoms with Crippen molar-refractivity contribution in [3.05, 3.63) is 65.7 Å². The van der Waals surface area contributed by atoms with Gasteiger partial charge >= 0.3 is 5.97 Å². The van der Waals surface area contributed by atoms with E-state index in [0.29, 0.717) is 36.4 Å². The third-order valence-corrected chi connectivity index (χ3v) is 10.7. The molecule has 52 heavy (non-hydrogen) atoms. The van der Waals surface area contributed by atoms with Crippen LogP contribution in [0, 0.1) is 11.7 Å². The number of nitrogens with two attached hydrogens (primary N) is 1. The van der Waals surface area contributed by atoms with E-state index in [4.69, 9.17) is 34.2 Å². The lowest BCUT2D eigenvalue weighted by Gasteiger charge is -2.23. The van der Waals surface area contributed by atoms with Crippen LogP contribution >= 0.6 is 43.2 Å². The monoisotopic (exact) mass is 794 g/mol. The molecule has 283 valence electrons. The van der Waals surface area contributed by atoms with Gasteiger partial charge < -0.3 is 49.9 Å². The van der Waals surface area contributed by atoms with E-state index in [1.165, 1.54) is 43.2 Å². The Labute approximate surface area is 321 Å². The molecular weight excluding hydrogens is 749 g/mol. The number of carbonyl (C=O) groups is 3. The fourth-order valence-electron chi connectivity index (χ4n) is 4.54. The summed E-state index contributed by atoms with van der Waals surface area (Å²) in [5, 5.41) is 15.3. The van der Waals surface area contributed by atoms with Crippen molar-refractivity contribution in [1.82, 2.24) is 10.6 Å². The van der Waals surface area contributed by atoms with Gasteiger partial charge in [-0.05, 0) is 49.3 Å². The van der Waals surface area contributed by atoms with E-state index in [2.05, 4.69) is 22.4 Å². The number of benzene rings is 2. The molecule has 1 radical (unpaired) electrons. The van der Waals surface area contributed by atoms with Crippen LogP contribution in [-0.4, -0.2) is 131 Å². The number of hydrogen-bond donors (Lipinski definition) is 4. The molecule has 0 aromatic heterocycles. The topological polar surface area (TPSA) is 177 Å². The van der Waals surface area contributed by atoms with Gasteiger partial charge in [-0.1, -0.05) is 73.4 Å². The predicted octanol–water partition coefficient (Wildman–Crippen LogP) is 2.59. The van der Waals surface area contributed by atoms with E-state index in [0.717, 1.165) is 0 Å². The molecule has 1 aliphatic heterocycles. The van der Waals surface area contributed by atoms with Gasteiger partial charge in [-0.3, -0.25) is 9.59 Å². The molecule has 13 nitrogen and oxygen atoms in total. The fourth-order valence-corrected chi connectivity index (χ4v) is 7.48. The van der Waals surface area contributed by atoms with Crippen molar-refractivity contribution in [3.63, 3.8) is 0 Å². The van der Waals surface area contributed by atoms with Crippen LogP contribution in [0.1, 0.15) is 27.1 Å². The van der Waals surface area contributed by atoms with Gasteiger partial charge in [0.05, 0.1) is 38.0 Å². The Bertz CT molecular complexity index is 1420. The van der Waals surface area contributed by atoms with Crippen LogP contribution in [0.5, 0.6) is 5.75 Å². The molecule has 0 spiro atoms. The average Bonchev–Trinajstić information content (AvgIpc) is 3.56. The molecular formula is C34H45BN3O10S4. The third kappa shape index (κ3) is 17.1. The van der Waals surface area contributed by atoms with Crippen molar-refractivity contribution in [2.75, 3.05) is 71.8 Å². The van der Waals surface area contributed by atoms with Crippen molar-refractivity contribution in [3.8, 4) is 17.5 Å². The normalized spacial score (nSPS) is 17.7. The van der Waals surface area contributed by atoms with E-state index in [-0.39, 0.29) is 69.4 Å². The predicted molar refractivity (Wildman–Crippen MR) is 208 cm³/mol. The molecule has 1 aliphatic rings. The number of aliphatic hydroxyl groups excluding tert-OH is 1. The SMILES string of the molecule is CSSC(COc1cccc(C(=O)NCCN)c1)OCCOCC(=O)NCC#C[B][C@H]1C[C@@H](O[C@H](COC(=O)c2ccccc2)SSC)C(CO)O1.